The molecule has 0 saturated carbocycles. The third-order valence-electron chi connectivity index (χ3n) is 5.47. The van der Waals surface area contributed by atoms with Crippen LogP contribution in [0.1, 0.15) is 56.0 Å². The van der Waals surface area contributed by atoms with Crippen LogP contribution < -0.4 is 10.1 Å². The Morgan fingerprint density at radius 2 is 1.97 bits per heavy atom. The molecule has 36 heavy (non-hydrogen) atoms. The molecule has 0 heterocycles. The van der Waals surface area contributed by atoms with Gasteiger partial charge in [0.25, 0.3) is 0 Å². The molecule has 10 heteroatoms. The lowest BCUT2D eigenvalue weighted by Gasteiger charge is -2.30. The van der Waals surface area contributed by atoms with E-state index in [0.717, 1.165) is 19.9 Å². The number of nitrogens with one attached hydrogen (secondary N) is 1. The first-order chi connectivity index (χ1) is 16.9. The van der Waals surface area contributed by atoms with Crippen LogP contribution in [0.4, 0.5) is 18.9 Å². The quantitative estimate of drug-likeness (QED) is 0.269. The molecule has 0 aromatic heterocycles. The Balaban J connectivity index is 2.51. The lowest BCUT2D eigenvalue weighted by molar-refractivity contribution is -0.170. The molecule has 0 amide bonds. The summed E-state index contributed by atoms with van der Waals surface area (Å²) in [7, 11) is 3.03. The average molecular weight is 505 g/mol. The molecule has 0 aliphatic heterocycles. The van der Waals surface area contributed by atoms with Crippen molar-refractivity contribution in [2.45, 2.75) is 45.3 Å². The van der Waals surface area contributed by atoms with Crippen LogP contribution in [-0.2, 0) is 10.7 Å². The van der Waals surface area contributed by atoms with Crippen LogP contribution in [0.15, 0.2) is 40.3 Å². The summed E-state index contributed by atoms with van der Waals surface area (Å²) < 4.78 is 55.4. The topological polar surface area (TPSA) is 99.2 Å². The van der Waals surface area contributed by atoms with Crippen molar-refractivity contribution < 1.29 is 27.8 Å². The first-order valence-corrected chi connectivity index (χ1v) is 11.2. The Kier molecular flexibility index (Phi) is 9.62. The van der Waals surface area contributed by atoms with E-state index in [1.54, 1.807) is 32.2 Å². The van der Waals surface area contributed by atoms with Gasteiger partial charge in [-0.3, -0.25) is 9.98 Å². The molecule has 0 fully saturated rings. The molecule has 0 spiro atoms. The van der Waals surface area contributed by atoms with Gasteiger partial charge in [0.05, 0.1) is 29.5 Å². The van der Waals surface area contributed by atoms with Crippen molar-refractivity contribution in [3.05, 3.63) is 58.4 Å². The molecule has 194 valence electrons. The first-order valence-electron chi connectivity index (χ1n) is 11.2. The zero-order valence-electron chi connectivity index (χ0n) is 21.2. The monoisotopic (exact) mass is 504 g/mol. The molecule has 0 saturated heterocycles. The second kappa shape index (κ2) is 12.0. The van der Waals surface area contributed by atoms with Crippen molar-refractivity contribution in [1.82, 2.24) is 5.32 Å². The number of ether oxygens (including phenoxy) is 2. The van der Waals surface area contributed by atoms with Gasteiger partial charge in [0.1, 0.15) is 35.7 Å². The number of aliphatic hydroxyl groups is 1. The predicted molar refractivity (Wildman–Crippen MR) is 133 cm³/mol. The SMILES string of the molecule is CC=Nc1cc(C#N)c(OCCOC)cc1C(=NC)N[C@H](C)c1cccc(C(F)(F)C(C)(C)O)c1F. The Morgan fingerprint density at radius 3 is 2.53 bits per heavy atom. The molecular weight excluding hydrogens is 473 g/mol. The van der Waals surface area contributed by atoms with Gasteiger partial charge in [0.2, 0.25) is 0 Å². The second-order valence-corrected chi connectivity index (χ2v) is 8.49. The molecule has 0 radical (unpaired) electrons. The highest BCUT2D eigenvalue weighted by atomic mass is 19.3. The minimum absolute atomic E-state index is 0.0386. The fourth-order valence-corrected chi connectivity index (χ4v) is 3.45. The van der Waals surface area contributed by atoms with Crippen molar-refractivity contribution >= 4 is 17.7 Å². The van der Waals surface area contributed by atoms with Gasteiger partial charge in [0.15, 0.2) is 0 Å². The van der Waals surface area contributed by atoms with Crippen LogP contribution in [0.25, 0.3) is 0 Å². The number of amidine groups is 1. The van der Waals surface area contributed by atoms with Crippen LogP contribution >= 0.6 is 0 Å². The summed E-state index contributed by atoms with van der Waals surface area (Å²) in [5, 5.41) is 22.5. The summed E-state index contributed by atoms with van der Waals surface area (Å²) in [5.41, 5.74) is -2.27. The van der Waals surface area contributed by atoms with E-state index >= 15 is 4.39 Å². The van der Waals surface area contributed by atoms with Gasteiger partial charge in [-0.05, 0) is 45.9 Å². The van der Waals surface area contributed by atoms with Gasteiger partial charge >= 0.3 is 5.92 Å². The molecular formula is C26H31F3N4O3. The highest BCUT2D eigenvalue weighted by Gasteiger charge is 2.49. The van der Waals surface area contributed by atoms with E-state index < -0.39 is 28.9 Å². The summed E-state index contributed by atoms with van der Waals surface area (Å²) in [5.74, 6) is -4.38. The summed E-state index contributed by atoms with van der Waals surface area (Å²) in [6.45, 7) is 5.67. The van der Waals surface area contributed by atoms with Gasteiger partial charge in [-0.25, -0.2) is 4.39 Å². The Bertz CT molecular complexity index is 1170. The van der Waals surface area contributed by atoms with Gasteiger partial charge < -0.3 is 19.9 Å². The molecule has 1 atom stereocenters. The van der Waals surface area contributed by atoms with Crippen molar-refractivity contribution in [2.75, 3.05) is 27.4 Å². The van der Waals surface area contributed by atoms with Crippen LogP contribution in [0.3, 0.4) is 0 Å². The Labute approximate surface area is 209 Å². The van der Waals surface area contributed by atoms with Gasteiger partial charge in [0, 0.05) is 31.5 Å². The summed E-state index contributed by atoms with van der Waals surface area (Å²) in [4.78, 5) is 8.57. The van der Waals surface area contributed by atoms with E-state index in [9.17, 15) is 19.1 Å². The number of halogens is 3. The number of hydrogen-bond donors (Lipinski definition) is 2. The van der Waals surface area contributed by atoms with E-state index in [1.807, 2.05) is 0 Å². The molecule has 2 rings (SSSR count). The number of nitriles is 1. The smallest absolute Gasteiger partial charge is 0.303 e. The third kappa shape index (κ3) is 6.22. The molecule has 2 aromatic rings. The highest BCUT2D eigenvalue weighted by molar-refractivity contribution is 6.04. The number of methoxy groups -OCH3 is 1. The van der Waals surface area contributed by atoms with Crippen molar-refractivity contribution in [3.63, 3.8) is 0 Å². The molecule has 7 nitrogen and oxygen atoms in total. The molecule has 2 aromatic carbocycles. The minimum Gasteiger partial charge on any atom is -0.490 e. The first kappa shape index (κ1) is 28.8. The number of nitrogens with zero attached hydrogens (tertiary/aromatic N) is 3. The fourth-order valence-electron chi connectivity index (χ4n) is 3.45. The molecule has 0 bridgehead atoms. The molecule has 0 aliphatic rings. The maximum absolute atomic E-state index is 15.3. The number of aliphatic imine (C=N–C) groups is 2. The summed E-state index contributed by atoms with van der Waals surface area (Å²) in [6, 6.07) is 8.05. The van der Waals surface area contributed by atoms with Crippen molar-refractivity contribution in [3.8, 4) is 11.8 Å². The Hall–Kier alpha value is -3.42. The largest absolute Gasteiger partial charge is 0.490 e. The summed E-state index contributed by atoms with van der Waals surface area (Å²) >= 11 is 0. The maximum Gasteiger partial charge on any atom is 0.303 e. The van der Waals surface area contributed by atoms with Crippen molar-refractivity contribution in [2.24, 2.45) is 9.98 Å². The van der Waals surface area contributed by atoms with E-state index in [0.29, 0.717) is 17.9 Å². The number of alkyl halides is 2. The summed E-state index contributed by atoms with van der Waals surface area (Å²) in [6.07, 6.45) is 1.55. The lowest BCUT2D eigenvalue weighted by atomic mass is 9.91. The van der Waals surface area contributed by atoms with E-state index in [1.165, 1.54) is 26.3 Å². The van der Waals surface area contributed by atoms with E-state index in [2.05, 4.69) is 21.4 Å². The number of hydrogen-bond acceptors (Lipinski definition) is 6. The van der Waals surface area contributed by atoms with Gasteiger partial charge in [-0.15, -0.1) is 0 Å². The Morgan fingerprint density at radius 1 is 1.28 bits per heavy atom. The van der Waals surface area contributed by atoms with E-state index in [4.69, 9.17) is 9.47 Å². The number of rotatable bonds is 10. The van der Waals surface area contributed by atoms with Gasteiger partial charge in [-0.1, -0.05) is 12.1 Å². The minimum atomic E-state index is -3.82. The van der Waals surface area contributed by atoms with Crippen molar-refractivity contribution in [1.29, 1.82) is 5.26 Å². The zero-order chi connectivity index (χ0) is 27.1. The number of benzene rings is 2. The second-order valence-electron chi connectivity index (χ2n) is 8.49. The molecule has 0 unspecified atom stereocenters. The normalized spacial score (nSPS) is 13.5. The van der Waals surface area contributed by atoms with Crippen LogP contribution in [-0.4, -0.2) is 50.1 Å². The van der Waals surface area contributed by atoms with Gasteiger partial charge in [-0.2, -0.15) is 14.0 Å². The van der Waals surface area contributed by atoms with E-state index in [-0.39, 0.29) is 29.3 Å². The lowest BCUT2D eigenvalue weighted by Crippen LogP contribution is -2.41. The standard InChI is InChI=1S/C26H31F3N4O3/c1-7-32-21-13-17(15-30)22(36-12-11-35-6)14-19(21)24(31-5)33-16(2)18-9-8-10-20(23(18)27)26(28,29)25(3,4)34/h7-10,13-14,16,34H,11-12H2,1-6H3,(H,31,33)/t16-/m1/s1. The third-order valence-corrected chi connectivity index (χ3v) is 5.47. The molecule has 2 N–H and O–H groups in total. The maximum atomic E-state index is 15.3. The zero-order valence-corrected chi connectivity index (χ0v) is 21.2. The fraction of sp³-hybridized carbons (Fsp3) is 0.423. The predicted octanol–water partition coefficient (Wildman–Crippen LogP) is 5.03. The highest BCUT2D eigenvalue weighted by Crippen LogP contribution is 2.41. The molecule has 0 aliphatic carbocycles. The van der Waals surface area contributed by atoms with Crippen LogP contribution in [0, 0.1) is 17.1 Å². The van der Waals surface area contributed by atoms with Crippen LogP contribution in [0.2, 0.25) is 0 Å². The van der Waals surface area contributed by atoms with Crippen LogP contribution in [0.5, 0.6) is 5.75 Å². The average Bonchev–Trinajstić information content (AvgIpc) is 2.82.